The number of carbonyl (C=O) groups excluding carboxylic acids is 2. The second-order valence-corrected chi connectivity index (χ2v) is 12.5. The Labute approximate surface area is 286 Å². The molecule has 0 fully saturated rings. The number of Topliss-reactive ketones (excluding diaryl/α,β-unsaturated/α-hetero) is 1. The molecule has 0 spiro atoms. The number of nitriles is 1. The molecular weight excluding hydrogens is 639 g/mol. The SMILES string of the molecule is CCOC(=O)c1nccc(-c2c(C)c3ccccc3c3ccc4c(c23)C(c2ccc(C#N)cc2)C(C)C(=O)C4c2cccc(C(F)(F)F)c2)n1. The first-order chi connectivity index (χ1) is 24.0. The van der Waals surface area contributed by atoms with E-state index in [4.69, 9.17) is 4.74 Å². The van der Waals surface area contributed by atoms with Crippen molar-refractivity contribution >= 4 is 33.3 Å². The van der Waals surface area contributed by atoms with Gasteiger partial charge in [0, 0.05) is 23.6 Å². The van der Waals surface area contributed by atoms with Crippen LogP contribution in [0, 0.1) is 24.2 Å². The van der Waals surface area contributed by atoms with E-state index in [0.717, 1.165) is 50.4 Å². The predicted octanol–water partition coefficient (Wildman–Crippen LogP) is 9.31. The van der Waals surface area contributed by atoms with E-state index in [-0.39, 0.29) is 23.8 Å². The molecule has 1 aromatic heterocycles. The van der Waals surface area contributed by atoms with E-state index in [9.17, 15) is 28.0 Å². The lowest BCUT2D eigenvalue weighted by Crippen LogP contribution is -2.33. The molecule has 9 heteroatoms. The molecule has 1 aliphatic rings. The van der Waals surface area contributed by atoms with Gasteiger partial charge < -0.3 is 4.74 Å². The molecule has 0 bridgehead atoms. The maximum Gasteiger partial charge on any atom is 0.416 e. The summed E-state index contributed by atoms with van der Waals surface area (Å²) >= 11 is 0. The number of rotatable bonds is 5. The number of ether oxygens (including phenoxy) is 1. The first-order valence-electron chi connectivity index (χ1n) is 16.2. The molecule has 7 rings (SSSR count). The third-order valence-electron chi connectivity index (χ3n) is 9.70. The molecule has 3 unspecified atom stereocenters. The van der Waals surface area contributed by atoms with Gasteiger partial charge in [0.2, 0.25) is 5.82 Å². The third kappa shape index (κ3) is 5.37. The molecule has 0 saturated heterocycles. The highest BCUT2D eigenvalue weighted by atomic mass is 19.4. The molecule has 6 aromatic rings. The number of hydrogen-bond donors (Lipinski definition) is 0. The summed E-state index contributed by atoms with van der Waals surface area (Å²) in [6.45, 7) is 5.63. The smallest absolute Gasteiger partial charge is 0.416 e. The van der Waals surface area contributed by atoms with Crippen molar-refractivity contribution in [3.63, 3.8) is 0 Å². The van der Waals surface area contributed by atoms with Crippen molar-refractivity contribution in [1.82, 2.24) is 9.97 Å². The first kappa shape index (κ1) is 32.7. The van der Waals surface area contributed by atoms with Crippen LogP contribution in [0.2, 0.25) is 0 Å². The van der Waals surface area contributed by atoms with E-state index in [1.807, 2.05) is 62.4 Å². The molecule has 5 aromatic carbocycles. The van der Waals surface area contributed by atoms with Gasteiger partial charge in [-0.2, -0.15) is 18.4 Å². The van der Waals surface area contributed by atoms with E-state index in [2.05, 4.69) is 16.0 Å². The molecule has 0 N–H and O–H groups in total. The lowest BCUT2D eigenvalue weighted by Gasteiger charge is -2.38. The Bertz CT molecular complexity index is 2380. The van der Waals surface area contributed by atoms with Crippen molar-refractivity contribution in [3.05, 3.63) is 142 Å². The molecule has 0 saturated carbocycles. The molecule has 1 heterocycles. The second kappa shape index (κ2) is 12.5. The first-order valence-corrected chi connectivity index (χ1v) is 16.2. The Kier molecular flexibility index (Phi) is 8.19. The second-order valence-electron chi connectivity index (χ2n) is 12.5. The summed E-state index contributed by atoms with van der Waals surface area (Å²) in [5.74, 6) is -3.16. The minimum absolute atomic E-state index is 0.108. The van der Waals surface area contributed by atoms with Crippen LogP contribution in [0.15, 0.2) is 97.2 Å². The highest BCUT2D eigenvalue weighted by molar-refractivity contribution is 6.18. The Morgan fingerprint density at radius 2 is 1.66 bits per heavy atom. The highest BCUT2D eigenvalue weighted by Crippen LogP contribution is 2.52. The average molecular weight is 670 g/mol. The van der Waals surface area contributed by atoms with Gasteiger partial charge in [-0.25, -0.2) is 14.8 Å². The van der Waals surface area contributed by atoms with Crippen LogP contribution in [-0.2, 0) is 15.7 Å². The van der Waals surface area contributed by atoms with Gasteiger partial charge >= 0.3 is 12.1 Å². The normalized spacial score (nSPS) is 17.4. The lowest BCUT2D eigenvalue weighted by molar-refractivity contribution is -0.137. The van der Waals surface area contributed by atoms with Crippen LogP contribution in [0.4, 0.5) is 13.2 Å². The summed E-state index contributed by atoms with van der Waals surface area (Å²) in [7, 11) is 0. The van der Waals surface area contributed by atoms with Crippen molar-refractivity contribution in [2.45, 2.75) is 38.8 Å². The highest BCUT2D eigenvalue weighted by Gasteiger charge is 2.43. The van der Waals surface area contributed by atoms with Crippen LogP contribution in [0.3, 0.4) is 0 Å². The molecule has 50 heavy (non-hydrogen) atoms. The van der Waals surface area contributed by atoms with Gasteiger partial charge in [0.05, 0.1) is 35.4 Å². The van der Waals surface area contributed by atoms with Gasteiger partial charge in [0.15, 0.2) is 0 Å². The lowest BCUT2D eigenvalue weighted by atomic mass is 9.64. The van der Waals surface area contributed by atoms with Gasteiger partial charge in [-0.1, -0.05) is 73.7 Å². The number of carbonyl (C=O) groups is 2. The van der Waals surface area contributed by atoms with Crippen LogP contribution >= 0.6 is 0 Å². The summed E-state index contributed by atoms with van der Waals surface area (Å²) in [5, 5.41) is 13.1. The van der Waals surface area contributed by atoms with Crippen molar-refractivity contribution in [1.29, 1.82) is 5.26 Å². The maximum atomic E-state index is 14.5. The van der Waals surface area contributed by atoms with Crippen LogP contribution in [0.25, 0.3) is 32.8 Å². The van der Waals surface area contributed by atoms with Crippen LogP contribution in [0.5, 0.6) is 0 Å². The number of ketones is 1. The molecule has 0 aliphatic heterocycles. The number of fused-ring (bicyclic) bond motifs is 5. The van der Waals surface area contributed by atoms with Gasteiger partial charge in [-0.05, 0) is 87.5 Å². The van der Waals surface area contributed by atoms with Gasteiger partial charge in [0.1, 0.15) is 5.78 Å². The molecule has 1 aliphatic carbocycles. The number of benzene rings is 5. The predicted molar refractivity (Wildman–Crippen MR) is 184 cm³/mol. The number of hydrogen-bond acceptors (Lipinski definition) is 6. The summed E-state index contributed by atoms with van der Waals surface area (Å²) in [6, 6.07) is 27.6. The number of nitrogens with zero attached hydrogens (tertiary/aromatic N) is 3. The summed E-state index contributed by atoms with van der Waals surface area (Å²) in [6.07, 6.45) is -3.09. The standard InChI is InChI=1S/C41H30F3N3O3/c1-4-50-40(49)39-46-19-18-32(47-39)34-22(2)28-10-5-6-11-29(28)30-16-17-31-35(26-8-7-9-27(20-26)41(42,43)44)38(48)23(3)33(37(31)36(30)34)25-14-12-24(21-45)13-15-25/h5-20,23,33,35H,4H2,1-3H3. The van der Waals surface area contributed by atoms with E-state index in [1.54, 1.807) is 31.2 Å². The number of halogens is 3. The zero-order valence-corrected chi connectivity index (χ0v) is 27.4. The minimum atomic E-state index is -4.59. The molecule has 3 atom stereocenters. The fourth-order valence-corrected chi connectivity index (χ4v) is 7.48. The quantitative estimate of drug-likeness (QED) is 0.134. The van der Waals surface area contributed by atoms with Crippen molar-refractivity contribution in [3.8, 4) is 17.3 Å². The van der Waals surface area contributed by atoms with Crippen LogP contribution in [-0.4, -0.2) is 28.3 Å². The Morgan fingerprint density at radius 3 is 2.36 bits per heavy atom. The zero-order valence-electron chi connectivity index (χ0n) is 27.4. The summed E-state index contributed by atoms with van der Waals surface area (Å²) in [5.41, 5.74) is 4.07. The van der Waals surface area contributed by atoms with Crippen LogP contribution < -0.4 is 0 Å². The number of esters is 1. The number of aromatic nitrogens is 2. The minimum Gasteiger partial charge on any atom is -0.460 e. The number of alkyl halides is 3. The van der Waals surface area contributed by atoms with E-state index in [1.165, 1.54) is 12.3 Å². The fraction of sp³-hybridized carbons (Fsp3) is 0.195. The van der Waals surface area contributed by atoms with E-state index in [0.29, 0.717) is 22.4 Å². The third-order valence-corrected chi connectivity index (χ3v) is 9.70. The van der Waals surface area contributed by atoms with Gasteiger partial charge in [0.25, 0.3) is 0 Å². The van der Waals surface area contributed by atoms with Crippen molar-refractivity contribution in [2.75, 3.05) is 6.61 Å². The molecule has 0 radical (unpaired) electrons. The molecule has 0 amide bonds. The molecule has 6 nitrogen and oxygen atoms in total. The summed E-state index contributed by atoms with van der Waals surface area (Å²) in [4.78, 5) is 36.2. The van der Waals surface area contributed by atoms with Crippen molar-refractivity contribution < 1.29 is 27.5 Å². The topological polar surface area (TPSA) is 92.9 Å². The van der Waals surface area contributed by atoms with E-state index >= 15 is 0 Å². The van der Waals surface area contributed by atoms with Crippen LogP contribution in [0.1, 0.15) is 75.2 Å². The number of aryl methyl sites for hydroxylation is 1. The van der Waals surface area contributed by atoms with Gasteiger partial charge in [-0.3, -0.25) is 4.79 Å². The monoisotopic (exact) mass is 669 g/mol. The van der Waals surface area contributed by atoms with E-state index < -0.39 is 35.5 Å². The summed E-state index contributed by atoms with van der Waals surface area (Å²) < 4.78 is 47.1. The fourth-order valence-electron chi connectivity index (χ4n) is 7.48. The average Bonchev–Trinajstić information content (AvgIpc) is 3.12. The Balaban J connectivity index is 1.63. The molecular formula is C41H30F3N3O3. The maximum absolute atomic E-state index is 14.5. The largest absolute Gasteiger partial charge is 0.460 e. The van der Waals surface area contributed by atoms with Gasteiger partial charge in [-0.15, -0.1) is 0 Å². The Morgan fingerprint density at radius 1 is 0.920 bits per heavy atom. The zero-order chi connectivity index (χ0) is 35.3. The van der Waals surface area contributed by atoms with Crippen molar-refractivity contribution in [2.24, 2.45) is 5.92 Å². The molecule has 248 valence electrons. The Hall–Kier alpha value is -5.88.